The van der Waals surface area contributed by atoms with Gasteiger partial charge in [-0.3, -0.25) is 4.98 Å². The van der Waals surface area contributed by atoms with E-state index in [0.29, 0.717) is 5.92 Å². The van der Waals surface area contributed by atoms with Gasteiger partial charge in [-0.15, -0.1) is 11.3 Å². The van der Waals surface area contributed by atoms with E-state index in [1.165, 1.54) is 53.6 Å². The Kier molecular flexibility index (Phi) is 3.94. The molecule has 0 unspecified atom stereocenters. The van der Waals surface area contributed by atoms with Gasteiger partial charge in [-0.05, 0) is 45.5 Å². The minimum absolute atomic E-state index is 0.0182. The molecule has 31 heavy (non-hydrogen) atoms. The molecule has 0 saturated carbocycles. The Balaban J connectivity index is 1.67. The summed E-state index contributed by atoms with van der Waals surface area (Å²) in [7, 11) is 0. The fourth-order valence-corrected chi connectivity index (χ4v) is 6.70. The van der Waals surface area contributed by atoms with Crippen molar-refractivity contribution >= 4 is 32.2 Å². The molecule has 0 saturated heterocycles. The van der Waals surface area contributed by atoms with E-state index in [-0.39, 0.29) is 5.41 Å². The zero-order valence-corrected chi connectivity index (χ0v) is 19.2. The van der Waals surface area contributed by atoms with Crippen LogP contribution in [0.1, 0.15) is 50.3 Å². The highest BCUT2D eigenvalue weighted by Gasteiger charge is 2.40. The van der Waals surface area contributed by atoms with Crippen molar-refractivity contribution in [2.45, 2.75) is 39.0 Å². The van der Waals surface area contributed by atoms with Crippen LogP contribution >= 0.6 is 11.3 Å². The maximum absolute atomic E-state index is 4.91. The van der Waals surface area contributed by atoms with E-state index in [0.717, 1.165) is 5.69 Å². The molecular formula is C29H25NS. The fraction of sp³-hybridized carbons (Fsp3) is 0.207. The molecule has 0 N–H and O–H groups in total. The van der Waals surface area contributed by atoms with E-state index in [1.54, 1.807) is 0 Å². The van der Waals surface area contributed by atoms with E-state index in [4.69, 9.17) is 4.98 Å². The lowest BCUT2D eigenvalue weighted by Crippen LogP contribution is -2.14. The Hall–Kier alpha value is -2.97. The molecule has 0 spiro atoms. The van der Waals surface area contributed by atoms with Gasteiger partial charge in [-0.2, -0.15) is 0 Å². The summed E-state index contributed by atoms with van der Waals surface area (Å²) in [6, 6.07) is 24.6. The zero-order valence-electron chi connectivity index (χ0n) is 18.4. The van der Waals surface area contributed by atoms with Crippen LogP contribution < -0.4 is 0 Å². The first-order chi connectivity index (χ1) is 15.0. The van der Waals surface area contributed by atoms with Crippen molar-refractivity contribution in [2.24, 2.45) is 0 Å². The minimum atomic E-state index is -0.0182. The van der Waals surface area contributed by atoms with E-state index in [2.05, 4.69) is 94.4 Å². The number of fused-ring (bicyclic) bond motifs is 6. The Bertz CT molecular complexity index is 1490. The monoisotopic (exact) mass is 419 g/mol. The van der Waals surface area contributed by atoms with E-state index < -0.39 is 0 Å². The van der Waals surface area contributed by atoms with Gasteiger partial charge in [-0.25, -0.2) is 0 Å². The van der Waals surface area contributed by atoms with Gasteiger partial charge in [0.1, 0.15) is 0 Å². The highest BCUT2D eigenvalue weighted by atomic mass is 32.1. The fourth-order valence-electron chi connectivity index (χ4n) is 5.26. The third-order valence-corrected chi connectivity index (χ3v) is 8.08. The van der Waals surface area contributed by atoms with Crippen molar-refractivity contribution in [3.8, 4) is 21.7 Å². The molecule has 1 aliphatic rings. The summed E-state index contributed by atoms with van der Waals surface area (Å²) in [6.07, 6.45) is 1.97. The van der Waals surface area contributed by atoms with Crippen molar-refractivity contribution in [1.29, 1.82) is 0 Å². The molecule has 0 bridgehead atoms. The predicted molar refractivity (Wildman–Crippen MR) is 134 cm³/mol. The number of hydrogen-bond donors (Lipinski definition) is 0. The van der Waals surface area contributed by atoms with Gasteiger partial charge in [0.2, 0.25) is 0 Å². The molecule has 152 valence electrons. The maximum atomic E-state index is 4.91. The van der Waals surface area contributed by atoms with Crippen LogP contribution in [0, 0.1) is 0 Å². The Labute approximate surface area is 187 Å². The SMILES string of the molecule is CC(C)c1ccc2c(-c3cccc4c3-c3sc5ccccc5c3C4(C)C)nccc2c1. The van der Waals surface area contributed by atoms with Crippen molar-refractivity contribution in [2.75, 3.05) is 0 Å². The number of aromatic nitrogens is 1. The van der Waals surface area contributed by atoms with Crippen LogP contribution in [0.15, 0.2) is 72.9 Å². The van der Waals surface area contributed by atoms with Crippen molar-refractivity contribution in [3.63, 3.8) is 0 Å². The Morgan fingerprint density at radius 2 is 1.71 bits per heavy atom. The van der Waals surface area contributed by atoms with Crippen LogP contribution in [0.2, 0.25) is 0 Å². The number of hydrogen-bond acceptors (Lipinski definition) is 2. The lowest BCUT2D eigenvalue weighted by molar-refractivity contribution is 0.667. The topological polar surface area (TPSA) is 12.9 Å². The number of pyridine rings is 1. The molecule has 0 fully saturated rings. The number of benzene rings is 3. The van der Waals surface area contributed by atoms with Crippen LogP contribution in [0.5, 0.6) is 0 Å². The molecule has 6 rings (SSSR count). The van der Waals surface area contributed by atoms with Gasteiger partial charge < -0.3 is 0 Å². The molecular weight excluding hydrogens is 394 g/mol. The first-order valence-corrected chi connectivity index (χ1v) is 11.8. The van der Waals surface area contributed by atoms with Gasteiger partial charge in [0.05, 0.1) is 5.69 Å². The third kappa shape index (κ3) is 2.58. The Morgan fingerprint density at radius 1 is 0.871 bits per heavy atom. The minimum Gasteiger partial charge on any atom is -0.256 e. The molecule has 2 heteroatoms. The van der Waals surface area contributed by atoms with Crippen LogP contribution in [-0.2, 0) is 5.41 Å². The van der Waals surface area contributed by atoms with Gasteiger partial charge in [0.25, 0.3) is 0 Å². The highest BCUT2D eigenvalue weighted by Crippen LogP contribution is 2.57. The Morgan fingerprint density at radius 3 is 2.55 bits per heavy atom. The standard InChI is InChI=1S/C29H25NS/c1-17(2)18-12-13-20-19(16-18)14-15-30-27(20)22-9-7-10-23-25(22)28-26(29(23,3)4)21-8-5-6-11-24(21)31-28/h5-17H,1-4H3. The maximum Gasteiger partial charge on any atom is 0.0786 e. The third-order valence-electron chi connectivity index (χ3n) is 6.90. The number of nitrogens with zero attached hydrogens (tertiary/aromatic N) is 1. The molecule has 0 atom stereocenters. The van der Waals surface area contributed by atoms with Gasteiger partial charge in [0.15, 0.2) is 0 Å². The van der Waals surface area contributed by atoms with E-state index >= 15 is 0 Å². The van der Waals surface area contributed by atoms with E-state index in [1.807, 2.05) is 17.5 Å². The zero-order chi connectivity index (χ0) is 21.3. The molecule has 3 aromatic carbocycles. The molecule has 2 aromatic heterocycles. The van der Waals surface area contributed by atoms with Gasteiger partial charge >= 0.3 is 0 Å². The molecule has 0 amide bonds. The second-order valence-corrected chi connectivity index (χ2v) is 10.5. The second-order valence-electron chi connectivity index (χ2n) is 9.45. The molecule has 1 nitrogen and oxygen atoms in total. The quantitative estimate of drug-likeness (QED) is 0.279. The molecule has 2 heterocycles. The van der Waals surface area contributed by atoms with Crippen LogP contribution in [0.3, 0.4) is 0 Å². The number of rotatable bonds is 2. The lowest BCUT2D eigenvalue weighted by Gasteiger charge is -2.22. The van der Waals surface area contributed by atoms with Crippen LogP contribution in [0.4, 0.5) is 0 Å². The summed E-state index contributed by atoms with van der Waals surface area (Å²) in [4.78, 5) is 6.32. The molecule has 0 radical (unpaired) electrons. The van der Waals surface area contributed by atoms with Gasteiger partial charge in [-0.1, -0.05) is 82.3 Å². The normalized spacial score (nSPS) is 14.4. The number of thiophene rings is 1. The summed E-state index contributed by atoms with van der Waals surface area (Å²) in [6.45, 7) is 9.23. The summed E-state index contributed by atoms with van der Waals surface area (Å²) < 4.78 is 1.37. The summed E-state index contributed by atoms with van der Waals surface area (Å²) in [5, 5.41) is 3.89. The van der Waals surface area contributed by atoms with Crippen LogP contribution in [-0.4, -0.2) is 4.98 Å². The van der Waals surface area contributed by atoms with E-state index in [9.17, 15) is 0 Å². The van der Waals surface area contributed by atoms with Crippen molar-refractivity contribution in [1.82, 2.24) is 4.98 Å². The lowest BCUT2D eigenvalue weighted by atomic mass is 9.81. The molecule has 0 aliphatic heterocycles. The first kappa shape index (κ1) is 18.8. The first-order valence-electron chi connectivity index (χ1n) is 11.0. The smallest absolute Gasteiger partial charge is 0.0786 e. The average molecular weight is 420 g/mol. The second kappa shape index (κ2) is 6.51. The summed E-state index contributed by atoms with van der Waals surface area (Å²) in [5.74, 6) is 0.517. The van der Waals surface area contributed by atoms with Crippen LogP contribution in [0.25, 0.3) is 42.6 Å². The summed E-state index contributed by atoms with van der Waals surface area (Å²) in [5.41, 5.74) is 7.94. The molecule has 5 aromatic rings. The van der Waals surface area contributed by atoms with Crippen molar-refractivity contribution in [3.05, 3.63) is 89.6 Å². The summed E-state index contributed by atoms with van der Waals surface area (Å²) >= 11 is 1.92. The van der Waals surface area contributed by atoms with Gasteiger partial charge in [0, 0.05) is 37.7 Å². The predicted octanol–water partition coefficient (Wildman–Crippen LogP) is 8.55. The highest BCUT2D eigenvalue weighted by molar-refractivity contribution is 7.22. The average Bonchev–Trinajstić information content (AvgIpc) is 3.27. The van der Waals surface area contributed by atoms with Crippen molar-refractivity contribution < 1.29 is 0 Å². The molecule has 1 aliphatic carbocycles. The largest absolute Gasteiger partial charge is 0.256 e.